The maximum Gasteiger partial charge on any atom is 0.222 e. The second-order valence-corrected chi connectivity index (χ2v) is 6.08. The fraction of sp³-hybridized carbons (Fsp3) is 0.733. The van der Waals surface area contributed by atoms with Gasteiger partial charge in [0, 0.05) is 24.5 Å². The van der Waals surface area contributed by atoms with E-state index in [1.807, 2.05) is 12.4 Å². The summed E-state index contributed by atoms with van der Waals surface area (Å²) in [5, 5.41) is 3.44. The first kappa shape index (κ1) is 12.9. The second kappa shape index (κ2) is 5.87. The molecule has 0 aromatic carbocycles. The van der Waals surface area contributed by atoms with Gasteiger partial charge in [0.1, 0.15) is 0 Å². The van der Waals surface area contributed by atoms with Crippen molar-refractivity contribution >= 4 is 5.95 Å². The first-order valence-corrected chi connectivity index (χ1v) is 7.65. The van der Waals surface area contributed by atoms with Gasteiger partial charge in [-0.2, -0.15) is 0 Å². The van der Waals surface area contributed by atoms with Crippen LogP contribution < -0.4 is 11.1 Å². The third-order valence-electron chi connectivity index (χ3n) is 4.60. The molecule has 0 aliphatic heterocycles. The number of hydrogen-bond donors (Lipinski definition) is 2. The lowest BCUT2D eigenvalue weighted by molar-refractivity contribution is 0.410. The van der Waals surface area contributed by atoms with Gasteiger partial charge in [-0.05, 0) is 50.0 Å². The monoisotopic (exact) mass is 260 g/mol. The highest BCUT2D eigenvalue weighted by Crippen LogP contribution is 2.33. The quantitative estimate of drug-likeness (QED) is 0.877. The van der Waals surface area contributed by atoms with E-state index in [1.54, 1.807) is 0 Å². The molecule has 104 valence electrons. The van der Waals surface area contributed by atoms with Crippen LogP contribution in [0.5, 0.6) is 0 Å². The molecule has 0 spiro atoms. The van der Waals surface area contributed by atoms with Crippen molar-refractivity contribution in [2.45, 2.75) is 69.4 Å². The Labute approximate surface area is 115 Å². The van der Waals surface area contributed by atoms with Crippen LogP contribution in [0.25, 0.3) is 0 Å². The summed E-state index contributed by atoms with van der Waals surface area (Å²) in [5.74, 6) is 1.48. The van der Waals surface area contributed by atoms with Crippen LogP contribution in [0.4, 0.5) is 5.95 Å². The fourth-order valence-electron chi connectivity index (χ4n) is 3.33. The summed E-state index contributed by atoms with van der Waals surface area (Å²) in [6.45, 7) is 0. The summed E-state index contributed by atoms with van der Waals surface area (Å²) in [7, 11) is 0. The molecule has 2 saturated carbocycles. The lowest BCUT2D eigenvalue weighted by Crippen LogP contribution is -2.33. The number of anilines is 1. The van der Waals surface area contributed by atoms with Crippen molar-refractivity contribution in [2.75, 3.05) is 5.32 Å². The molecule has 1 aromatic heterocycles. The van der Waals surface area contributed by atoms with E-state index in [4.69, 9.17) is 5.73 Å². The average molecular weight is 260 g/mol. The van der Waals surface area contributed by atoms with Crippen LogP contribution in [-0.4, -0.2) is 22.1 Å². The van der Waals surface area contributed by atoms with Crippen LogP contribution in [0, 0.1) is 0 Å². The SMILES string of the molecule is NC1CCC(Nc2ncc(C3CCCC3)cn2)CC1. The number of rotatable bonds is 3. The normalized spacial score (nSPS) is 28.5. The summed E-state index contributed by atoms with van der Waals surface area (Å²) in [6.07, 6.45) is 13.8. The molecule has 2 aliphatic carbocycles. The molecule has 2 fully saturated rings. The van der Waals surface area contributed by atoms with E-state index in [1.165, 1.54) is 31.2 Å². The first-order valence-electron chi connectivity index (χ1n) is 7.65. The Morgan fingerprint density at radius 3 is 2.21 bits per heavy atom. The van der Waals surface area contributed by atoms with Gasteiger partial charge in [-0.1, -0.05) is 12.8 Å². The largest absolute Gasteiger partial charge is 0.351 e. The van der Waals surface area contributed by atoms with Gasteiger partial charge in [0.2, 0.25) is 5.95 Å². The van der Waals surface area contributed by atoms with Crippen molar-refractivity contribution in [3.05, 3.63) is 18.0 Å². The molecule has 2 aliphatic rings. The molecule has 0 atom stereocenters. The van der Waals surface area contributed by atoms with Crippen molar-refractivity contribution in [1.82, 2.24) is 9.97 Å². The highest BCUT2D eigenvalue weighted by atomic mass is 15.1. The van der Waals surface area contributed by atoms with E-state index in [0.29, 0.717) is 18.0 Å². The molecule has 4 nitrogen and oxygen atoms in total. The predicted octanol–water partition coefficient (Wildman–Crippen LogP) is 2.82. The van der Waals surface area contributed by atoms with Crippen LogP contribution in [0.3, 0.4) is 0 Å². The van der Waals surface area contributed by atoms with Crippen molar-refractivity contribution in [1.29, 1.82) is 0 Å². The molecule has 1 aromatic rings. The molecule has 0 unspecified atom stereocenters. The predicted molar refractivity (Wildman–Crippen MR) is 77.1 cm³/mol. The van der Waals surface area contributed by atoms with Crippen molar-refractivity contribution in [3.8, 4) is 0 Å². The molecule has 0 bridgehead atoms. The van der Waals surface area contributed by atoms with E-state index in [-0.39, 0.29) is 0 Å². The van der Waals surface area contributed by atoms with Crippen LogP contribution in [0.2, 0.25) is 0 Å². The zero-order valence-corrected chi connectivity index (χ0v) is 11.5. The zero-order chi connectivity index (χ0) is 13.1. The second-order valence-electron chi connectivity index (χ2n) is 6.08. The summed E-state index contributed by atoms with van der Waals surface area (Å²) in [4.78, 5) is 8.97. The minimum absolute atomic E-state index is 0.392. The fourth-order valence-corrected chi connectivity index (χ4v) is 3.33. The summed E-state index contributed by atoms with van der Waals surface area (Å²) in [5.41, 5.74) is 7.23. The molecular formula is C15H24N4. The number of nitrogens with one attached hydrogen (secondary N) is 1. The Morgan fingerprint density at radius 2 is 1.58 bits per heavy atom. The van der Waals surface area contributed by atoms with Gasteiger partial charge in [0.25, 0.3) is 0 Å². The number of nitrogens with two attached hydrogens (primary N) is 1. The highest BCUT2D eigenvalue weighted by Gasteiger charge is 2.20. The zero-order valence-electron chi connectivity index (χ0n) is 11.5. The van der Waals surface area contributed by atoms with Crippen LogP contribution in [0.1, 0.15) is 62.8 Å². The minimum Gasteiger partial charge on any atom is -0.351 e. The Balaban J connectivity index is 1.56. The van der Waals surface area contributed by atoms with Gasteiger partial charge in [-0.25, -0.2) is 9.97 Å². The van der Waals surface area contributed by atoms with E-state index in [9.17, 15) is 0 Å². The van der Waals surface area contributed by atoms with E-state index in [0.717, 1.165) is 31.6 Å². The number of nitrogens with zero attached hydrogens (tertiary/aromatic N) is 2. The molecule has 0 radical (unpaired) electrons. The Bertz CT molecular complexity index is 389. The third-order valence-corrected chi connectivity index (χ3v) is 4.60. The highest BCUT2D eigenvalue weighted by molar-refractivity contribution is 5.28. The maximum absolute atomic E-state index is 5.92. The minimum atomic E-state index is 0.392. The summed E-state index contributed by atoms with van der Waals surface area (Å²) >= 11 is 0. The molecule has 0 amide bonds. The molecule has 0 saturated heterocycles. The Kier molecular flexibility index (Phi) is 3.97. The molecule has 3 N–H and O–H groups in total. The van der Waals surface area contributed by atoms with E-state index >= 15 is 0 Å². The van der Waals surface area contributed by atoms with Crippen molar-refractivity contribution in [2.24, 2.45) is 5.73 Å². The van der Waals surface area contributed by atoms with E-state index in [2.05, 4.69) is 15.3 Å². The maximum atomic E-state index is 5.92. The third kappa shape index (κ3) is 3.24. The summed E-state index contributed by atoms with van der Waals surface area (Å²) in [6, 6.07) is 0.890. The standard InChI is InChI=1S/C15H24N4/c16-13-5-7-14(8-6-13)19-15-17-9-12(10-18-15)11-3-1-2-4-11/h9-11,13-14H,1-8,16H2,(H,17,18,19). The average Bonchev–Trinajstić information content (AvgIpc) is 2.96. The lowest BCUT2D eigenvalue weighted by atomic mass is 9.92. The van der Waals surface area contributed by atoms with Gasteiger partial charge in [-0.3, -0.25) is 0 Å². The lowest BCUT2D eigenvalue weighted by Gasteiger charge is -2.26. The van der Waals surface area contributed by atoms with Crippen LogP contribution in [0.15, 0.2) is 12.4 Å². The van der Waals surface area contributed by atoms with Crippen LogP contribution >= 0.6 is 0 Å². The van der Waals surface area contributed by atoms with Gasteiger partial charge in [0.15, 0.2) is 0 Å². The van der Waals surface area contributed by atoms with Gasteiger partial charge in [0.05, 0.1) is 0 Å². The van der Waals surface area contributed by atoms with E-state index < -0.39 is 0 Å². The van der Waals surface area contributed by atoms with Gasteiger partial charge >= 0.3 is 0 Å². The van der Waals surface area contributed by atoms with Crippen molar-refractivity contribution in [3.63, 3.8) is 0 Å². The molecule has 3 rings (SSSR count). The topological polar surface area (TPSA) is 63.8 Å². The smallest absolute Gasteiger partial charge is 0.222 e. The van der Waals surface area contributed by atoms with Crippen molar-refractivity contribution < 1.29 is 0 Å². The van der Waals surface area contributed by atoms with Gasteiger partial charge < -0.3 is 11.1 Å². The number of aromatic nitrogens is 2. The number of hydrogen-bond acceptors (Lipinski definition) is 4. The molecule has 19 heavy (non-hydrogen) atoms. The Morgan fingerprint density at radius 1 is 0.947 bits per heavy atom. The Hall–Kier alpha value is -1.16. The summed E-state index contributed by atoms with van der Waals surface area (Å²) < 4.78 is 0. The van der Waals surface area contributed by atoms with Gasteiger partial charge in [-0.15, -0.1) is 0 Å². The first-order chi connectivity index (χ1) is 9.31. The molecule has 1 heterocycles. The molecular weight excluding hydrogens is 236 g/mol. The van der Waals surface area contributed by atoms with Crippen LogP contribution in [-0.2, 0) is 0 Å². The molecule has 4 heteroatoms.